The second-order valence-electron chi connectivity index (χ2n) is 8.14. The average molecular weight is 417 g/mol. The van der Waals surface area contributed by atoms with Crippen molar-refractivity contribution in [1.82, 2.24) is 31.5 Å². The molecule has 0 spiro atoms. The highest BCUT2D eigenvalue weighted by atomic mass is 16.4. The molecule has 1 aliphatic rings. The van der Waals surface area contributed by atoms with Crippen LogP contribution in [0.1, 0.15) is 19.3 Å². The summed E-state index contributed by atoms with van der Waals surface area (Å²) in [6, 6.07) is 0. The highest BCUT2D eigenvalue weighted by Gasteiger charge is 2.32. The van der Waals surface area contributed by atoms with Gasteiger partial charge >= 0.3 is 5.97 Å². The van der Waals surface area contributed by atoms with Gasteiger partial charge in [0.15, 0.2) is 0 Å². The molecule has 0 radical (unpaired) electrons. The topological polar surface area (TPSA) is 170 Å². The van der Waals surface area contributed by atoms with E-state index in [1.165, 1.54) is 0 Å². The summed E-state index contributed by atoms with van der Waals surface area (Å²) in [6.45, 7) is 5.43. The molecule has 11 heteroatoms. The zero-order valence-corrected chi connectivity index (χ0v) is 17.9. The Morgan fingerprint density at radius 3 is 2.17 bits per heavy atom. The molecule has 1 amide bonds. The van der Waals surface area contributed by atoms with Gasteiger partial charge in [0.05, 0.1) is 5.54 Å². The van der Waals surface area contributed by atoms with Gasteiger partial charge < -0.3 is 42.7 Å². The highest BCUT2D eigenvalue weighted by Crippen LogP contribution is 2.05. The van der Waals surface area contributed by atoms with Crippen LogP contribution in [0.5, 0.6) is 0 Å². The zero-order valence-electron chi connectivity index (χ0n) is 17.9. The quantitative estimate of drug-likeness (QED) is 0.200. The lowest BCUT2D eigenvalue weighted by atomic mass is 10.0. The lowest BCUT2D eigenvalue weighted by Gasteiger charge is -2.38. The second kappa shape index (κ2) is 13.1. The fraction of sp³-hybridized carbons (Fsp3) is 0.889. The van der Waals surface area contributed by atoms with Gasteiger partial charge in [-0.05, 0) is 20.5 Å². The van der Waals surface area contributed by atoms with E-state index in [0.717, 1.165) is 6.54 Å². The van der Waals surface area contributed by atoms with E-state index in [0.29, 0.717) is 58.8 Å². The fourth-order valence-electron chi connectivity index (χ4n) is 3.32. The number of carboxylic acid groups (broad SMARTS) is 1. The average Bonchev–Trinajstić information content (AvgIpc) is 2.64. The molecule has 1 saturated heterocycles. The largest absolute Gasteiger partial charge is 0.481 e. The zero-order chi connectivity index (χ0) is 21.8. The van der Waals surface area contributed by atoms with Gasteiger partial charge in [-0.2, -0.15) is 0 Å². The van der Waals surface area contributed by atoms with E-state index in [-0.39, 0.29) is 18.7 Å². The second-order valence-corrected chi connectivity index (χ2v) is 8.14. The van der Waals surface area contributed by atoms with Crippen molar-refractivity contribution >= 4 is 11.9 Å². The summed E-state index contributed by atoms with van der Waals surface area (Å²) in [5, 5.41) is 25.4. The Balaban J connectivity index is 2.78. The molecule has 0 saturated carbocycles. The van der Waals surface area contributed by atoms with Crippen LogP contribution in [0.25, 0.3) is 0 Å². The summed E-state index contributed by atoms with van der Waals surface area (Å²) >= 11 is 0. The molecule has 0 aliphatic carbocycles. The Labute approximate surface area is 173 Å². The first-order valence-corrected chi connectivity index (χ1v) is 10.2. The normalized spacial score (nSPS) is 27.5. The third kappa shape index (κ3) is 10.8. The van der Waals surface area contributed by atoms with Crippen molar-refractivity contribution in [3.63, 3.8) is 0 Å². The van der Waals surface area contributed by atoms with Crippen molar-refractivity contribution in [1.29, 1.82) is 0 Å². The molecule has 29 heavy (non-hydrogen) atoms. The number of carbonyl (C=O) groups is 2. The minimum Gasteiger partial charge on any atom is -0.481 e. The minimum atomic E-state index is -0.894. The van der Waals surface area contributed by atoms with E-state index >= 15 is 0 Å². The fourth-order valence-corrected chi connectivity index (χ4v) is 3.32. The number of hydrogen-bond acceptors (Lipinski definition) is 9. The van der Waals surface area contributed by atoms with Crippen LogP contribution in [0.2, 0.25) is 0 Å². The van der Waals surface area contributed by atoms with Crippen LogP contribution in [0, 0.1) is 0 Å². The molecule has 0 aromatic heterocycles. The first kappa shape index (κ1) is 25.7. The van der Waals surface area contributed by atoms with Crippen molar-refractivity contribution in [3.8, 4) is 0 Å². The van der Waals surface area contributed by atoms with Gasteiger partial charge in [0.2, 0.25) is 5.91 Å². The predicted molar refractivity (Wildman–Crippen MR) is 113 cm³/mol. The van der Waals surface area contributed by atoms with Crippen molar-refractivity contribution < 1.29 is 14.7 Å². The number of rotatable bonds is 8. The predicted octanol–water partition coefficient (Wildman–Crippen LogP) is -3.36. The Morgan fingerprint density at radius 2 is 1.62 bits per heavy atom. The van der Waals surface area contributed by atoms with E-state index in [2.05, 4.69) is 26.6 Å². The Morgan fingerprint density at radius 1 is 1.03 bits per heavy atom. The molecule has 1 fully saturated rings. The number of nitrogens with one attached hydrogen (secondary N) is 5. The molecule has 10 N–H and O–H groups in total. The third-order valence-corrected chi connectivity index (χ3v) is 4.79. The van der Waals surface area contributed by atoms with Crippen LogP contribution in [0.3, 0.4) is 0 Å². The van der Waals surface area contributed by atoms with Crippen LogP contribution in [-0.2, 0) is 9.59 Å². The standard InChI is InChI=1S/C18H40N8O3/c1-26(2)14-18(25-15(27)4-3-5-16(28)29)13-23-7-6-21-11-17(20,10-19)12-22-8-9-24-18/h21-24H,3-14,19-20H2,1-2H3,(H,25,27)(H,28,29)/t17-,18-/m0/s1. The SMILES string of the molecule is CN(C)C[C@@]1(NC(=O)CCCC(=O)O)CNCCNC[C@@](N)(CN)CNCCN1. The number of aliphatic carboxylic acids is 1. The molecule has 11 nitrogen and oxygen atoms in total. The smallest absolute Gasteiger partial charge is 0.303 e. The molecule has 0 aromatic rings. The monoisotopic (exact) mass is 416 g/mol. The van der Waals surface area contributed by atoms with E-state index in [4.69, 9.17) is 16.6 Å². The summed E-state index contributed by atoms with van der Waals surface area (Å²) in [5.74, 6) is -1.06. The van der Waals surface area contributed by atoms with Crippen LogP contribution in [-0.4, -0.2) is 106 Å². The number of amides is 1. The number of nitrogens with two attached hydrogens (primary N) is 2. The molecular weight excluding hydrogens is 376 g/mol. The molecule has 170 valence electrons. The van der Waals surface area contributed by atoms with Crippen LogP contribution >= 0.6 is 0 Å². The molecule has 0 unspecified atom stereocenters. The summed E-state index contributed by atoms with van der Waals surface area (Å²) in [5.41, 5.74) is 11.0. The molecule has 1 heterocycles. The summed E-state index contributed by atoms with van der Waals surface area (Å²) < 4.78 is 0. The van der Waals surface area contributed by atoms with Crippen molar-refractivity contribution in [2.75, 3.05) is 73.0 Å². The van der Waals surface area contributed by atoms with Gasteiger partial charge in [0.1, 0.15) is 5.66 Å². The van der Waals surface area contributed by atoms with Gasteiger partial charge in [0, 0.05) is 71.7 Å². The van der Waals surface area contributed by atoms with Crippen molar-refractivity contribution in [2.24, 2.45) is 11.5 Å². The van der Waals surface area contributed by atoms with Crippen LogP contribution in [0.15, 0.2) is 0 Å². The molecular formula is C18H40N8O3. The minimum absolute atomic E-state index is 0.0165. The van der Waals surface area contributed by atoms with Crippen LogP contribution in [0.4, 0.5) is 0 Å². The van der Waals surface area contributed by atoms with Crippen molar-refractivity contribution in [2.45, 2.75) is 30.5 Å². The lowest BCUT2D eigenvalue weighted by molar-refractivity contribution is -0.137. The van der Waals surface area contributed by atoms with E-state index in [1.807, 2.05) is 19.0 Å². The summed E-state index contributed by atoms with van der Waals surface area (Å²) in [4.78, 5) is 25.2. The molecule has 0 bridgehead atoms. The maximum atomic E-state index is 12.5. The lowest BCUT2D eigenvalue weighted by Crippen LogP contribution is -2.69. The Hall–Kier alpha value is -1.34. The number of hydrogen-bond donors (Lipinski definition) is 8. The van der Waals surface area contributed by atoms with Gasteiger partial charge in [-0.25, -0.2) is 0 Å². The highest BCUT2D eigenvalue weighted by molar-refractivity contribution is 5.77. The van der Waals surface area contributed by atoms with Gasteiger partial charge in [0.25, 0.3) is 0 Å². The van der Waals surface area contributed by atoms with Gasteiger partial charge in [-0.1, -0.05) is 0 Å². The van der Waals surface area contributed by atoms with E-state index in [1.54, 1.807) is 0 Å². The molecule has 0 aromatic carbocycles. The number of carbonyl (C=O) groups excluding carboxylic acids is 1. The number of likely N-dealkylation sites (N-methyl/N-ethyl adjacent to an activating group) is 1. The Kier molecular flexibility index (Phi) is 11.6. The first-order valence-electron chi connectivity index (χ1n) is 10.2. The van der Waals surface area contributed by atoms with E-state index < -0.39 is 17.2 Å². The molecule has 1 rings (SSSR count). The van der Waals surface area contributed by atoms with Crippen molar-refractivity contribution in [3.05, 3.63) is 0 Å². The maximum absolute atomic E-state index is 12.5. The summed E-state index contributed by atoms with van der Waals surface area (Å²) in [7, 11) is 3.90. The molecule has 1 aliphatic heterocycles. The first-order chi connectivity index (χ1) is 13.7. The molecule has 2 atom stereocenters. The van der Waals surface area contributed by atoms with Gasteiger partial charge in [-0.15, -0.1) is 0 Å². The summed E-state index contributed by atoms with van der Waals surface area (Å²) in [6.07, 6.45) is 0.474. The van der Waals surface area contributed by atoms with Gasteiger partial charge in [-0.3, -0.25) is 14.9 Å². The van der Waals surface area contributed by atoms with Crippen LogP contribution < -0.4 is 38.1 Å². The third-order valence-electron chi connectivity index (χ3n) is 4.79. The van der Waals surface area contributed by atoms with E-state index in [9.17, 15) is 9.59 Å². The number of carboxylic acids is 1. The number of nitrogens with zero attached hydrogens (tertiary/aromatic N) is 1. The Bertz CT molecular complexity index is 507. The maximum Gasteiger partial charge on any atom is 0.303 e.